The lowest BCUT2D eigenvalue weighted by Crippen LogP contribution is -2.21. The van der Waals surface area contributed by atoms with Crippen LogP contribution >= 0.6 is 12.4 Å². The van der Waals surface area contributed by atoms with E-state index in [4.69, 9.17) is 15.9 Å². The van der Waals surface area contributed by atoms with Crippen LogP contribution in [0.2, 0.25) is 0 Å². The Morgan fingerprint density at radius 3 is 2.74 bits per heavy atom. The van der Waals surface area contributed by atoms with Crippen LogP contribution < -0.4 is 10.5 Å². The quantitative estimate of drug-likeness (QED) is 0.666. The van der Waals surface area contributed by atoms with E-state index >= 15 is 0 Å². The van der Waals surface area contributed by atoms with Gasteiger partial charge in [0, 0.05) is 6.42 Å². The van der Waals surface area contributed by atoms with Crippen molar-refractivity contribution in [2.24, 2.45) is 5.73 Å². The summed E-state index contributed by atoms with van der Waals surface area (Å²) in [5.41, 5.74) is 6.39. The van der Waals surface area contributed by atoms with Crippen LogP contribution in [0.4, 0.5) is 4.39 Å². The van der Waals surface area contributed by atoms with E-state index in [0.717, 1.165) is 0 Å². The van der Waals surface area contributed by atoms with Crippen molar-refractivity contribution in [3.63, 3.8) is 0 Å². The number of benzene rings is 1. The second kappa shape index (κ2) is 6.19. The fourth-order valence-corrected chi connectivity index (χ4v) is 1.63. The van der Waals surface area contributed by atoms with Crippen molar-refractivity contribution >= 4 is 18.4 Å². The van der Waals surface area contributed by atoms with Crippen molar-refractivity contribution in [3.05, 3.63) is 47.5 Å². The molecule has 0 amide bonds. The first-order valence-electron chi connectivity index (χ1n) is 5.32. The molecule has 1 aromatic heterocycles. The third-order valence-corrected chi connectivity index (χ3v) is 2.53. The first-order chi connectivity index (χ1) is 8.61. The second-order valence-electron chi connectivity index (χ2n) is 3.74. The van der Waals surface area contributed by atoms with Gasteiger partial charge in [0.25, 0.3) is 0 Å². The molecule has 0 atom stereocenters. The van der Waals surface area contributed by atoms with Crippen molar-refractivity contribution in [1.82, 2.24) is 9.78 Å². The van der Waals surface area contributed by atoms with Gasteiger partial charge in [-0.05, 0) is 11.6 Å². The van der Waals surface area contributed by atoms with Gasteiger partial charge in [-0.25, -0.2) is 9.07 Å². The van der Waals surface area contributed by atoms with Gasteiger partial charge in [0.1, 0.15) is 11.5 Å². The van der Waals surface area contributed by atoms with E-state index in [0.29, 0.717) is 17.0 Å². The Hall–Kier alpha value is -2.08. The molecule has 0 fully saturated rings. The number of nitrogen functional groups attached to an aromatic ring is 1. The van der Waals surface area contributed by atoms with Crippen LogP contribution in [-0.4, -0.2) is 22.8 Å². The molecule has 2 aromatic rings. The standard InChI is InChI=1S/C12H13FN4O.ClH/c1-18-11-7-17(12(14)15)16-10(11)6-8-4-2-3-5-9(8)13;/h2-5,7H,6H2,1H3,(H3,14,15);1H. The van der Waals surface area contributed by atoms with E-state index in [1.54, 1.807) is 18.2 Å². The number of hydrogen-bond acceptors (Lipinski definition) is 3. The number of methoxy groups -OCH3 is 1. The molecule has 0 spiro atoms. The Bertz CT molecular complexity index is 585. The van der Waals surface area contributed by atoms with E-state index in [1.807, 2.05) is 0 Å². The van der Waals surface area contributed by atoms with Crippen molar-refractivity contribution in [3.8, 4) is 5.75 Å². The number of nitrogens with one attached hydrogen (secondary N) is 1. The predicted octanol–water partition coefficient (Wildman–Crippen LogP) is 1.78. The smallest absolute Gasteiger partial charge is 0.213 e. The van der Waals surface area contributed by atoms with Crippen molar-refractivity contribution in [2.45, 2.75) is 6.42 Å². The molecule has 3 N–H and O–H groups in total. The zero-order valence-electron chi connectivity index (χ0n) is 10.3. The summed E-state index contributed by atoms with van der Waals surface area (Å²) in [6.45, 7) is 0. The molecule has 2 rings (SSSR count). The molecule has 0 radical (unpaired) electrons. The highest BCUT2D eigenvalue weighted by Gasteiger charge is 2.13. The number of hydrogen-bond donors (Lipinski definition) is 2. The zero-order valence-corrected chi connectivity index (χ0v) is 11.1. The van der Waals surface area contributed by atoms with Crippen LogP contribution in [-0.2, 0) is 6.42 Å². The molecule has 102 valence electrons. The van der Waals surface area contributed by atoms with Gasteiger partial charge in [0.2, 0.25) is 5.96 Å². The molecule has 1 aromatic carbocycles. The largest absolute Gasteiger partial charge is 0.493 e. The summed E-state index contributed by atoms with van der Waals surface area (Å²) >= 11 is 0. The van der Waals surface area contributed by atoms with Crippen LogP contribution in [0.1, 0.15) is 11.3 Å². The van der Waals surface area contributed by atoms with Crippen LogP contribution in [0.25, 0.3) is 0 Å². The fraction of sp³-hybridized carbons (Fsp3) is 0.167. The molecule has 5 nitrogen and oxygen atoms in total. The summed E-state index contributed by atoms with van der Waals surface area (Å²) in [5.74, 6) is -0.0292. The third-order valence-electron chi connectivity index (χ3n) is 2.53. The summed E-state index contributed by atoms with van der Waals surface area (Å²) in [6.07, 6.45) is 1.79. The van der Waals surface area contributed by atoms with Gasteiger partial charge in [-0.2, -0.15) is 5.10 Å². The highest BCUT2D eigenvalue weighted by atomic mass is 35.5. The van der Waals surface area contributed by atoms with Gasteiger partial charge in [-0.3, -0.25) is 5.41 Å². The normalized spacial score (nSPS) is 9.79. The van der Waals surface area contributed by atoms with Crippen molar-refractivity contribution < 1.29 is 9.13 Å². The van der Waals surface area contributed by atoms with E-state index < -0.39 is 0 Å². The Labute approximate surface area is 116 Å². The van der Waals surface area contributed by atoms with Crippen LogP contribution in [0.3, 0.4) is 0 Å². The minimum atomic E-state index is -0.295. The molecule has 7 heteroatoms. The Morgan fingerprint density at radius 1 is 1.47 bits per heavy atom. The van der Waals surface area contributed by atoms with Crippen LogP contribution in [0, 0.1) is 11.2 Å². The van der Waals surface area contributed by atoms with Crippen molar-refractivity contribution in [1.29, 1.82) is 5.41 Å². The van der Waals surface area contributed by atoms with Gasteiger partial charge in [0.05, 0.1) is 13.3 Å². The third kappa shape index (κ3) is 3.23. The average Bonchev–Trinajstić information content (AvgIpc) is 2.75. The molecule has 0 bridgehead atoms. The van der Waals surface area contributed by atoms with Gasteiger partial charge in [-0.1, -0.05) is 18.2 Å². The molecule has 0 aliphatic rings. The number of ether oxygens (including phenoxy) is 1. The van der Waals surface area contributed by atoms with E-state index in [1.165, 1.54) is 24.1 Å². The predicted molar refractivity (Wildman–Crippen MR) is 72.5 cm³/mol. The minimum absolute atomic E-state index is 0. The lowest BCUT2D eigenvalue weighted by Gasteiger charge is -2.02. The number of aromatic nitrogens is 2. The molecule has 0 saturated carbocycles. The van der Waals surface area contributed by atoms with E-state index in [9.17, 15) is 4.39 Å². The molecule has 0 unspecified atom stereocenters. The molecule has 19 heavy (non-hydrogen) atoms. The first-order valence-corrected chi connectivity index (χ1v) is 5.32. The number of halogens is 2. The molecular weight excluding hydrogens is 271 g/mol. The SMILES string of the molecule is COc1cn(C(=N)N)nc1Cc1ccccc1F.Cl. The van der Waals surface area contributed by atoms with Gasteiger partial charge < -0.3 is 10.5 Å². The first kappa shape index (κ1) is 15.0. The van der Waals surface area contributed by atoms with Gasteiger partial charge in [0.15, 0.2) is 5.75 Å². The average molecular weight is 285 g/mol. The summed E-state index contributed by atoms with van der Waals surface area (Å²) in [4.78, 5) is 0. The molecular formula is C12H14ClFN4O. The monoisotopic (exact) mass is 284 g/mol. The fourth-order valence-electron chi connectivity index (χ4n) is 1.63. The molecule has 0 saturated heterocycles. The lowest BCUT2D eigenvalue weighted by molar-refractivity contribution is 0.410. The maximum absolute atomic E-state index is 13.5. The summed E-state index contributed by atoms with van der Waals surface area (Å²) < 4.78 is 19.9. The number of nitrogens with two attached hydrogens (primary N) is 1. The van der Waals surface area contributed by atoms with Crippen LogP contribution in [0.15, 0.2) is 30.5 Å². The van der Waals surface area contributed by atoms with Crippen LogP contribution in [0.5, 0.6) is 5.75 Å². The molecule has 1 heterocycles. The Morgan fingerprint density at radius 2 is 2.16 bits per heavy atom. The topological polar surface area (TPSA) is 76.9 Å². The zero-order chi connectivity index (χ0) is 13.1. The van der Waals surface area contributed by atoms with E-state index in [2.05, 4.69) is 5.10 Å². The Balaban J connectivity index is 0.00000180. The second-order valence-corrected chi connectivity index (χ2v) is 3.74. The maximum atomic E-state index is 13.5. The highest BCUT2D eigenvalue weighted by molar-refractivity contribution is 5.85. The molecule has 0 aliphatic heterocycles. The maximum Gasteiger partial charge on any atom is 0.213 e. The highest BCUT2D eigenvalue weighted by Crippen LogP contribution is 2.20. The Kier molecular flexibility index (Phi) is 4.88. The minimum Gasteiger partial charge on any atom is -0.493 e. The van der Waals surface area contributed by atoms with Gasteiger partial charge >= 0.3 is 0 Å². The van der Waals surface area contributed by atoms with Gasteiger partial charge in [-0.15, -0.1) is 12.4 Å². The van der Waals surface area contributed by atoms with Crippen molar-refractivity contribution in [2.75, 3.05) is 7.11 Å². The summed E-state index contributed by atoms with van der Waals surface area (Å²) in [6, 6.07) is 6.46. The summed E-state index contributed by atoms with van der Waals surface area (Å²) in [5, 5.41) is 11.4. The van der Waals surface area contributed by atoms with E-state index in [-0.39, 0.29) is 30.6 Å². The lowest BCUT2D eigenvalue weighted by atomic mass is 10.1. The number of nitrogens with zero attached hydrogens (tertiary/aromatic N) is 2. The summed E-state index contributed by atoms with van der Waals surface area (Å²) in [7, 11) is 1.49. The number of rotatable bonds is 3. The molecule has 0 aliphatic carbocycles.